The lowest BCUT2D eigenvalue weighted by molar-refractivity contribution is -0.143. The predicted octanol–water partition coefficient (Wildman–Crippen LogP) is 1.31. The molecular formula is C13H13N3O3S. The lowest BCUT2D eigenvalue weighted by Gasteiger charge is -2.33. The van der Waals surface area contributed by atoms with E-state index in [9.17, 15) is 14.7 Å². The van der Waals surface area contributed by atoms with E-state index in [-0.39, 0.29) is 5.91 Å². The van der Waals surface area contributed by atoms with Gasteiger partial charge in [-0.2, -0.15) is 5.10 Å². The first-order valence-corrected chi connectivity index (χ1v) is 7.05. The van der Waals surface area contributed by atoms with E-state index in [1.54, 1.807) is 30.5 Å². The predicted molar refractivity (Wildman–Crippen MR) is 72.6 cm³/mol. The molecule has 2 aromatic heterocycles. The average Bonchev–Trinajstić information content (AvgIpc) is 3.04. The quantitative estimate of drug-likeness (QED) is 0.905. The van der Waals surface area contributed by atoms with Crippen LogP contribution in [0.15, 0.2) is 23.7 Å². The molecule has 6 nitrogen and oxygen atoms in total. The van der Waals surface area contributed by atoms with Gasteiger partial charge in [0, 0.05) is 24.7 Å². The standard InChI is InChI=1S/C13H13N3O3S/c1-15-9(2-5-14-15)12(17)16-6-3-10-8(4-7-20-10)11(16)13(18)19/h2,4-5,7,11H,3,6H2,1H3,(H,18,19). The van der Waals surface area contributed by atoms with Crippen LogP contribution in [0.1, 0.15) is 27.0 Å². The summed E-state index contributed by atoms with van der Waals surface area (Å²) in [6.07, 6.45) is 2.23. The third-order valence-electron chi connectivity index (χ3n) is 3.50. The van der Waals surface area contributed by atoms with Crippen molar-refractivity contribution in [1.29, 1.82) is 0 Å². The van der Waals surface area contributed by atoms with Gasteiger partial charge in [0.2, 0.25) is 0 Å². The first-order valence-electron chi connectivity index (χ1n) is 6.17. The second-order valence-electron chi connectivity index (χ2n) is 4.63. The molecule has 0 saturated carbocycles. The van der Waals surface area contributed by atoms with Crippen molar-refractivity contribution in [1.82, 2.24) is 14.7 Å². The number of rotatable bonds is 2. The van der Waals surface area contributed by atoms with Crippen LogP contribution >= 0.6 is 11.3 Å². The Balaban J connectivity index is 2.00. The number of fused-ring (bicyclic) bond motifs is 1. The Morgan fingerprint density at radius 1 is 1.45 bits per heavy atom. The number of aromatic nitrogens is 2. The monoisotopic (exact) mass is 291 g/mol. The van der Waals surface area contributed by atoms with E-state index in [1.165, 1.54) is 15.8 Å². The zero-order valence-corrected chi connectivity index (χ0v) is 11.6. The number of carboxylic acid groups (broad SMARTS) is 1. The van der Waals surface area contributed by atoms with Gasteiger partial charge in [-0.05, 0) is 29.5 Å². The summed E-state index contributed by atoms with van der Waals surface area (Å²) in [6.45, 7) is 0.411. The minimum Gasteiger partial charge on any atom is -0.479 e. The zero-order chi connectivity index (χ0) is 14.3. The summed E-state index contributed by atoms with van der Waals surface area (Å²) in [4.78, 5) is 26.6. The van der Waals surface area contributed by atoms with Gasteiger partial charge in [0.05, 0.1) is 0 Å². The minimum atomic E-state index is -1.00. The van der Waals surface area contributed by atoms with Crippen molar-refractivity contribution in [2.45, 2.75) is 12.5 Å². The summed E-state index contributed by atoms with van der Waals surface area (Å²) >= 11 is 1.54. The van der Waals surface area contributed by atoms with Crippen LogP contribution < -0.4 is 0 Å². The van der Waals surface area contributed by atoms with Crippen molar-refractivity contribution in [3.05, 3.63) is 39.8 Å². The first-order chi connectivity index (χ1) is 9.59. The Hall–Kier alpha value is -2.15. The molecule has 1 aliphatic heterocycles. The fourth-order valence-corrected chi connectivity index (χ4v) is 3.44. The Bertz CT molecular complexity index is 676. The maximum absolute atomic E-state index is 12.5. The number of hydrogen-bond donors (Lipinski definition) is 1. The van der Waals surface area contributed by atoms with Crippen LogP contribution in [0.5, 0.6) is 0 Å². The molecule has 3 heterocycles. The number of aryl methyl sites for hydroxylation is 1. The summed E-state index contributed by atoms with van der Waals surface area (Å²) in [5, 5.41) is 15.3. The zero-order valence-electron chi connectivity index (χ0n) is 10.8. The molecule has 0 aliphatic carbocycles. The normalized spacial score (nSPS) is 17.9. The summed E-state index contributed by atoms with van der Waals surface area (Å²) in [5.74, 6) is -1.30. The van der Waals surface area contributed by atoms with Gasteiger partial charge in [-0.25, -0.2) is 4.79 Å². The lowest BCUT2D eigenvalue weighted by Crippen LogP contribution is -2.43. The Morgan fingerprint density at radius 2 is 2.25 bits per heavy atom. The van der Waals surface area contributed by atoms with Crippen molar-refractivity contribution in [2.75, 3.05) is 6.54 Å². The number of amides is 1. The third kappa shape index (κ3) is 1.90. The van der Waals surface area contributed by atoms with Gasteiger partial charge in [-0.15, -0.1) is 11.3 Å². The van der Waals surface area contributed by atoms with E-state index in [0.29, 0.717) is 18.7 Å². The minimum absolute atomic E-state index is 0.297. The maximum Gasteiger partial charge on any atom is 0.331 e. The van der Waals surface area contributed by atoms with E-state index in [1.807, 2.05) is 5.38 Å². The highest BCUT2D eigenvalue weighted by Gasteiger charge is 2.37. The van der Waals surface area contributed by atoms with Crippen molar-refractivity contribution in [3.63, 3.8) is 0 Å². The van der Waals surface area contributed by atoms with E-state index in [0.717, 1.165) is 10.4 Å². The summed E-state index contributed by atoms with van der Waals surface area (Å²) < 4.78 is 1.46. The first kappa shape index (κ1) is 12.9. The molecule has 104 valence electrons. The molecule has 1 amide bonds. The van der Waals surface area contributed by atoms with Crippen LogP contribution in [-0.4, -0.2) is 38.2 Å². The van der Waals surface area contributed by atoms with Crippen molar-refractivity contribution < 1.29 is 14.7 Å². The van der Waals surface area contributed by atoms with Crippen molar-refractivity contribution >= 4 is 23.2 Å². The van der Waals surface area contributed by atoms with Crippen LogP contribution in [0.2, 0.25) is 0 Å². The number of aliphatic carboxylic acids is 1. The number of carbonyl (C=O) groups excluding carboxylic acids is 1. The second-order valence-corrected chi connectivity index (χ2v) is 5.63. The van der Waals surface area contributed by atoms with Crippen molar-refractivity contribution in [3.8, 4) is 0 Å². The van der Waals surface area contributed by atoms with Gasteiger partial charge in [0.1, 0.15) is 5.69 Å². The van der Waals surface area contributed by atoms with Gasteiger partial charge in [0.25, 0.3) is 5.91 Å². The molecule has 2 aromatic rings. The molecule has 1 N–H and O–H groups in total. The van der Waals surface area contributed by atoms with Gasteiger partial charge in [0.15, 0.2) is 6.04 Å². The molecule has 1 unspecified atom stereocenters. The fourth-order valence-electron chi connectivity index (χ4n) is 2.53. The molecule has 0 saturated heterocycles. The second kappa shape index (κ2) is 4.75. The Kier molecular flexibility index (Phi) is 3.06. The summed E-state index contributed by atoms with van der Waals surface area (Å²) in [6, 6.07) is 2.48. The van der Waals surface area contributed by atoms with Gasteiger partial charge in [-0.1, -0.05) is 0 Å². The third-order valence-corrected chi connectivity index (χ3v) is 4.50. The lowest BCUT2D eigenvalue weighted by atomic mass is 9.99. The molecule has 0 radical (unpaired) electrons. The number of carboxylic acids is 1. The SMILES string of the molecule is Cn1nccc1C(=O)N1CCc2sccc2C1C(=O)O. The Morgan fingerprint density at radius 3 is 2.90 bits per heavy atom. The fraction of sp³-hybridized carbons (Fsp3) is 0.308. The Labute approximate surface area is 119 Å². The molecule has 0 bridgehead atoms. The van der Waals surface area contributed by atoms with Crippen molar-refractivity contribution in [2.24, 2.45) is 7.05 Å². The number of nitrogens with zero attached hydrogens (tertiary/aromatic N) is 3. The van der Waals surface area contributed by atoms with Crippen LogP contribution in [-0.2, 0) is 18.3 Å². The molecule has 1 aliphatic rings. The highest BCUT2D eigenvalue weighted by Crippen LogP contribution is 2.34. The smallest absolute Gasteiger partial charge is 0.331 e. The topological polar surface area (TPSA) is 75.4 Å². The highest BCUT2D eigenvalue weighted by molar-refractivity contribution is 7.10. The van der Waals surface area contributed by atoms with Crippen LogP contribution in [0.25, 0.3) is 0 Å². The van der Waals surface area contributed by atoms with Gasteiger partial charge in [-0.3, -0.25) is 9.48 Å². The molecule has 20 heavy (non-hydrogen) atoms. The molecular weight excluding hydrogens is 278 g/mol. The average molecular weight is 291 g/mol. The molecule has 0 fully saturated rings. The van der Waals surface area contributed by atoms with Crippen LogP contribution in [0.4, 0.5) is 0 Å². The van der Waals surface area contributed by atoms with Gasteiger partial charge < -0.3 is 10.0 Å². The number of hydrogen-bond acceptors (Lipinski definition) is 4. The number of thiophene rings is 1. The molecule has 7 heteroatoms. The van der Waals surface area contributed by atoms with E-state index >= 15 is 0 Å². The molecule has 3 rings (SSSR count). The number of carbonyl (C=O) groups is 2. The molecule has 0 aromatic carbocycles. The highest BCUT2D eigenvalue weighted by atomic mass is 32.1. The van der Waals surface area contributed by atoms with E-state index in [4.69, 9.17) is 0 Å². The van der Waals surface area contributed by atoms with E-state index in [2.05, 4.69) is 5.10 Å². The molecule has 0 spiro atoms. The van der Waals surface area contributed by atoms with Gasteiger partial charge >= 0.3 is 5.97 Å². The van der Waals surface area contributed by atoms with Crippen LogP contribution in [0, 0.1) is 0 Å². The molecule has 1 atom stereocenters. The maximum atomic E-state index is 12.5. The van der Waals surface area contributed by atoms with E-state index < -0.39 is 12.0 Å². The van der Waals surface area contributed by atoms with Crippen LogP contribution in [0.3, 0.4) is 0 Å². The largest absolute Gasteiger partial charge is 0.479 e. The summed E-state index contributed by atoms with van der Waals surface area (Å²) in [5.41, 5.74) is 1.12. The summed E-state index contributed by atoms with van der Waals surface area (Å²) in [7, 11) is 1.67.